The molecule has 0 fully saturated rings. The van der Waals surface area contributed by atoms with Crippen LogP contribution in [0, 0.1) is 0 Å². The average molecular weight is 294 g/mol. The SMILES string of the molecule is Bc1cnc(N)c(-c2nnc(-c3ccc(CNC)cc3)o2)n1. The fourth-order valence-corrected chi connectivity index (χ4v) is 2.05. The van der Waals surface area contributed by atoms with Crippen molar-refractivity contribution in [2.24, 2.45) is 0 Å². The van der Waals surface area contributed by atoms with Crippen LogP contribution in [0.15, 0.2) is 34.9 Å². The van der Waals surface area contributed by atoms with Gasteiger partial charge in [-0.25, -0.2) is 4.98 Å². The summed E-state index contributed by atoms with van der Waals surface area (Å²) in [7, 11) is 3.74. The Morgan fingerprint density at radius 3 is 2.64 bits per heavy atom. The molecule has 3 rings (SSSR count). The molecule has 0 saturated heterocycles. The molecule has 0 bridgehead atoms. The van der Waals surface area contributed by atoms with Crippen LogP contribution < -0.4 is 16.6 Å². The number of rotatable bonds is 4. The summed E-state index contributed by atoms with van der Waals surface area (Å²) >= 11 is 0. The third-order valence-electron chi connectivity index (χ3n) is 3.13. The van der Waals surface area contributed by atoms with E-state index in [9.17, 15) is 0 Å². The lowest BCUT2D eigenvalue weighted by molar-refractivity contribution is 0.582. The van der Waals surface area contributed by atoms with Gasteiger partial charge in [0, 0.05) is 23.9 Å². The summed E-state index contributed by atoms with van der Waals surface area (Å²) in [5.41, 5.74) is 8.98. The summed E-state index contributed by atoms with van der Waals surface area (Å²) in [6.07, 6.45) is 1.59. The van der Waals surface area contributed by atoms with Crippen LogP contribution in [0.5, 0.6) is 0 Å². The van der Waals surface area contributed by atoms with Crippen molar-refractivity contribution in [3.63, 3.8) is 0 Å². The zero-order valence-electron chi connectivity index (χ0n) is 12.4. The molecule has 8 heteroatoms. The molecule has 0 aliphatic heterocycles. The Hall–Kier alpha value is -2.74. The Labute approximate surface area is 128 Å². The smallest absolute Gasteiger partial charge is 0.270 e. The van der Waals surface area contributed by atoms with Crippen molar-refractivity contribution >= 4 is 19.3 Å². The molecule has 2 heterocycles. The van der Waals surface area contributed by atoms with Gasteiger partial charge in [-0.3, -0.25) is 4.98 Å². The molecule has 7 nitrogen and oxygen atoms in total. The van der Waals surface area contributed by atoms with E-state index in [2.05, 4.69) is 25.5 Å². The minimum atomic E-state index is 0.267. The first-order valence-corrected chi connectivity index (χ1v) is 6.84. The third-order valence-corrected chi connectivity index (χ3v) is 3.13. The summed E-state index contributed by atoms with van der Waals surface area (Å²) in [6, 6.07) is 7.90. The van der Waals surface area contributed by atoms with Gasteiger partial charge in [0.1, 0.15) is 0 Å². The minimum Gasteiger partial charge on any atom is -0.414 e. The van der Waals surface area contributed by atoms with Crippen molar-refractivity contribution in [1.82, 2.24) is 25.5 Å². The number of hydrogen-bond donors (Lipinski definition) is 2. The first-order valence-electron chi connectivity index (χ1n) is 6.84. The molecule has 3 N–H and O–H groups in total. The van der Waals surface area contributed by atoms with E-state index in [4.69, 9.17) is 10.2 Å². The van der Waals surface area contributed by atoms with Crippen molar-refractivity contribution in [3.8, 4) is 23.0 Å². The van der Waals surface area contributed by atoms with Crippen molar-refractivity contribution in [2.45, 2.75) is 6.54 Å². The molecule has 0 radical (unpaired) electrons. The molecule has 0 aliphatic rings. The lowest BCUT2D eigenvalue weighted by Gasteiger charge is -2.01. The number of nitrogens with one attached hydrogen (secondary N) is 1. The van der Waals surface area contributed by atoms with Gasteiger partial charge in [-0.1, -0.05) is 12.1 Å². The number of nitrogens with two attached hydrogens (primary N) is 1. The van der Waals surface area contributed by atoms with Gasteiger partial charge in [-0.15, -0.1) is 10.2 Å². The summed E-state index contributed by atoms with van der Waals surface area (Å²) in [6.45, 7) is 0.810. The highest BCUT2D eigenvalue weighted by atomic mass is 16.4. The Morgan fingerprint density at radius 2 is 1.91 bits per heavy atom. The van der Waals surface area contributed by atoms with Gasteiger partial charge in [0.15, 0.2) is 19.4 Å². The van der Waals surface area contributed by atoms with E-state index in [-0.39, 0.29) is 11.7 Å². The first kappa shape index (κ1) is 14.2. The van der Waals surface area contributed by atoms with Crippen LogP contribution in [0.25, 0.3) is 23.0 Å². The fourth-order valence-electron chi connectivity index (χ4n) is 2.05. The third kappa shape index (κ3) is 2.82. The molecule has 0 unspecified atom stereocenters. The van der Waals surface area contributed by atoms with Crippen molar-refractivity contribution in [1.29, 1.82) is 0 Å². The van der Waals surface area contributed by atoms with Gasteiger partial charge >= 0.3 is 0 Å². The van der Waals surface area contributed by atoms with E-state index in [1.165, 1.54) is 5.56 Å². The minimum absolute atomic E-state index is 0.267. The largest absolute Gasteiger partial charge is 0.414 e. The number of nitrogen functional groups attached to an aromatic ring is 1. The summed E-state index contributed by atoms with van der Waals surface area (Å²) in [4.78, 5) is 8.35. The highest BCUT2D eigenvalue weighted by Crippen LogP contribution is 2.24. The number of anilines is 1. The topological polar surface area (TPSA) is 103 Å². The van der Waals surface area contributed by atoms with Crippen LogP contribution in [0.1, 0.15) is 5.56 Å². The number of nitrogens with zero attached hydrogens (tertiary/aromatic N) is 4. The van der Waals surface area contributed by atoms with Crippen LogP contribution in [-0.4, -0.2) is 35.1 Å². The van der Waals surface area contributed by atoms with Crippen LogP contribution in [0.2, 0.25) is 0 Å². The van der Waals surface area contributed by atoms with E-state index < -0.39 is 0 Å². The number of hydrogen-bond acceptors (Lipinski definition) is 7. The van der Waals surface area contributed by atoms with Crippen LogP contribution in [-0.2, 0) is 6.54 Å². The molecule has 1 aromatic carbocycles. The predicted octanol–water partition coefficient (Wildman–Crippen LogP) is -0.246. The molecule has 0 aliphatic carbocycles. The quantitative estimate of drug-likeness (QED) is 0.640. The molecule has 0 saturated carbocycles. The normalized spacial score (nSPS) is 10.8. The Morgan fingerprint density at radius 1 is 1.18 bits per heavy atom. The van der Waals surface area contributed by atoms with Gasteiger partial charge in [0.05, 0.1) is 0 Å². The highest BCUT2D eigenvalue weighted by molar-refractivity contribution is 6.30. The van der Waals surface area contributed by atoms with Crippen molar-refractivity contribution < 1.29 is 4.42 Å². The van der Waals surface area contributed by atoms with E-state index in [1.54, 1.807) is 6.20 Å². The zero-order valence-corrected chi connectivity index (χ0v) is 12.4. The lowest BCUT2D eigenvalue weighted by atomic mass is 10.1. The molecule has 0 amide bonds. The predicted molar refractivity (Wildman–Crippen MR) is 86.1 cm³/mol. The monoisotopic (exact) mass is 294 g/mol. The maximum absolute atomic E-state index is 5.81. The Bertz CT molecular complexity index is 786. The van der Waals surface area contributed by atoms with Gasteiger partial charge in [-0.05, 0) is 24.7 Å². The van der Waals surface area contributed by atoms with Gasteiger partial charge in [-0.2, -0.15) is 0 Å². The Balaban J connectivity index is 1.91. The molecule has 22 heavy (non-hydrogen) atoms. The maximum atomic E-state index is 5.81. The molecular formula is C14H15BN6O. The summed E-state index contributed by atoms with van der Waals surface area (Å²) < 4.78 is 5.67. The molecule has 110 valence electrons. The molecule has 2 aromatic heterocycles. The van der Waals surface area contributed by atoms with Crippen molar-refractivity contribution in [3.05, 3.63) is 36.0 Å². The van der Waals surface area contributed by atoms with E-state index in [1.807, 2.05) is 39.2 Å². The van der Waals surface area contributed by atoms with Gasteiger partial charge in [0.25, 0.3) is 5.89 Å². The zero-order chi connectivity index (χ0) is 15.5. The average Bonchev–Trinajstić information content (AvgIpc) is 3.00. The van der Waals surface area contributed by atoms with E-state index in [0.717, 1.165) is 17.7 Å². The number of benzene rings is 1. The molecule has 0 spiro atoms. The summed E-state index contributed by atoms with van der Waals surface area (Å²) in [5.74, 6) is 0.960. The Kier molecular flexibility index (Phi) is 3.84. The fraction of sp³-hybridized carbons (Fsp3) is 0.143. The molecule has 3 aromatic rings. The summed E-state index contributed by atoms with van der Waals surface area (Å²) in [5, 5.41) is 11.2. The second-order valence-corrected chi connectivity index (χ2v) is 4.88. The second-order valence-electron chi connectivity index (χ2n) is 4.88. The van der Waals surface area contributed by atoms with Crippen LogP contribution in [0.3, 0.4) is 0 Å². The standard InChI is InChI=1S/C14H15BN6O/c1-17-6-8-2-4-9(5-3-8)13-20-21-14(22-13)11-12(16)18-7-10(15)19-11/h2-5,7,17H,6,15H2,1H3,(H2,16,18). The van der Waals surface area contributed by atoms with Crippen molar-refractivity contribution in [2.75, 3.05) is 12.8 Å². The van der Waals surface area contributed by atoms with Gasteiger partial charge < -0.3 is 15.5 Å². The van der Waals surface area contributed by atoms with Crippen LogP contribution >= 0.6 is 0 Å². The van der Waals surface area contributed by atoms with Crippen LogP contribution in [0.4, 0.5) is 5.82 Å². The molecule has 0 atom stereocenters. The van der Waals surface area contributed by atoms with E-state index in [0.29, 0.717) is 11.6 Å². The first-order chi connectivity index (χ1) is 10.7. The molecular weight excluding hydrogens is 279 g/mol. The highest BCUT2D eigenvalue weighted by Gasteiger charge is 2.15. The lowest BCUT2D eigenvalue weighted by Crippen LogP contribution is -2.12. The maximum Gasteiger partial charge on any atom is 0.270 e. The second kappa shape index (κ2) is 5.94. The van der Waals surface area contributed by atoms with Gasteiger partial charge in [0.2, 0.25) is 5.89 Å². The number of aromatic nitrogens is 4. The van der Waals surface area contributed by atoms with E-state index >= 15 is 0 Å².